The Bertz CT molecular complexity index is 163. The van der Waals surface area contributed by atoms with Crippen molar-refractivity contribution in [3.05, 3.63) is 0 Å². The van der Waals surface area contributed by atoms with Gasteiger partial charge in [0.2, 0.25) is 0 Å². The van der Waals surface area contributed by atoms with E-state index in [-0.39, 0.29) is 12.6 Å². The van der Waals surface area contributed by atoms with Gasteiger partial charge in [0.1, 0.15) is 0 Å². The van der Waals surface area contributed by atoms with Gasteiger partial charge in [-0.2, -0.15) is 0 Å². The summed E-state index contributed by atoms with van der Waals surface area (Å²) in [6, 6.07) is -0.0250. The van der Waals surface area contributed by atoms with Crippen molar-refractivity contribution < 1.29 is 15.3 Å². The Morgan fingerprint density at radius 1 is 1.38 bits per heavy atom. The molecule has 3 atom stereocenters. The first-order valence-corrected chi connectivity index (χ1v) is 4.80. The lowest BCUT2D eigenvalue weighted by Gasteiger charge is -2.42. The van der Waals surface area contributed by atoms with Crippen LogP contribution >= 0.6 is 0 Å². The summed E-state index contributed by atoms with van der Waals surface area (Å²) >= 11 is 0. The van der Waals surface area contributed by atoms with E-state index in [1.807, 2.05) is 18.7 Å². The quantitative estimate of drug-likeness (QED) is 0.531. The molecule has 13 heavy (non-hydrogen) atoms. The molecule has 0 aromatic carbocycles. The first-order chi connectivity index (χ1) is 6.07. The molecule has 1 aliphatic rings. The van der Waals surface area contributed by atoms with E-state index in [4.69, 9.17) is 5.11 Å². The fraction of sp³-hybridized carbons (Fsp3) is 1.00. The number of nitrogens with zero attached hydrogens (tertiary/aromatic N) is 1. The zero-order chi connectivity index (χ0) is 10.0. The fourth-order valence-corrected chi connectivity index (χ4v) is 1.92. The fourth-order valence-electron chi connectivity index (χ4n) is 1.92. The number of piperidine rings is 1. The van der Waals surface area contributed by atoms with Gasteiger partial charge >= 0.3 is 0 Å². The maximum absolute atomic E-state index is 9.61. The lowest BCUT2D eigenvalue weighted by atomic mass is 9.95. The number of hydrogen-bond acceptors (Lipinski definition) is 4. The highest BCUT2D eigenvalue weighted by molar-refractivity contribution is 4.90. The Morgan fingerprint density at radius 3 is 2.46 bits per heavy atom. The maximum Gasteiger partial charge on any atom is 0.0976 e. The van der Waals surface area contributed by atoms with Crippen LogP contribution in [-0.4, -0.2) is 57.7 Å². The lowest BCUT2D eigenvalue weighted by Crippen LogP contribution is -2.58. The second kappa shape index (κ2) is 4.37. The molecule has 0 bridgehead atoms. The van der Waals surface area contributed by atoms with Crippen molar-refractivity contribution in [2.75, 3.05) is 13.2 Å². The summed E-state index contributed by atoms with van der Waals surface area (Å²) in [5, 5.41) is 28.1. The molecule has 0 amide bonds. The summed E-state index contributed by atoms with van der Waals surface area (Å²) in [6.45, 7) is 4.68. The first-order valence-electron chi connectivity index (χ1n) is 4.80. The van der Waals surface area contributed by atoms with Crippen LogP contribution in [0.4, 0.5) is 0 Å². The van der Waals surface area contributed by atoms with Crippen molar-refractivity contribution in [1.82, 2.24) is 4.90 Å². The minimum absolute atomic E-state index is 0.101. The zero-order valence-corrected chi connectivity index (χ0v) is 8.22. The van der Waals surface area contributed by atoms with Crippen LogP contribution in [0.1, 0.15) is 20.3 Å². The maximum atomic E-state index is 9.61. The largest absolute Gasteiger partial charge is 0.395 e. The third kappa shape index (κ3) is 2.20. The minimum Gasteiger partial charge on any atom is -0.395 e. The highest BCUT2D eigenvalue weighted by atomic mass is 16.3. The van der Waals surface area contributed by atoms with Gasteiger partial charge in [-0.1, -0.05) is 0 Å². The molecule has 4 nitrogen and oxygen atoms in total. The Hall–Kier alpha value is -0.160. The van der Waals surface area contributed by atoms with E-state index in [2.05, 4.69) is 0 Å². The molecule has 0 aliphatic carbocycles. The van der Waals surface area contributed by atoms with Crippen molar-refractivity contribution >= 4 is 0 Å². The molecular weight excluding hydrogens is 170 g/mol. The van der Waals surface area contributed by atoms with Crippen LogP contribution in [0.3, 0.4) is 0 Å². The third-order valence-corrected chi connectivity index (χ3v) is 2.75. The summed E-state index contributed by atoms with van der Waals surface area (Å²) in [5.41, 5.74) is 0. The second-order valence-corrected chi connectivity index (χ2v) is 3.93. The molecule has 1 heterocycles. The first kappa shape index (κ1) is 10.9. The van der Waals surface area contributed by atoms with Crippen molar-refractivity contribution in [2.45, 2.75) is 44.6 Å². The van der Waals surface area contributed by atoms with Gasteiger partial charge in [-0.3, -0.25) is 4.90 Å². The number of hydrogen-bond donors (Lipinski definition) is 3. The zero-order valence-electron chi connectivity index (χ0n) is 8.22. The van der Waals surface area contributed by atoms with Gasteiger partial charge in [0, 0.05) is 12.6 Å². The summed E-state index contributed by atoms with van der Waals surface area (Å²) in [6.07, 6.45) is -0.927. The highest BCUT2D eigenvalue weighted by Gasteiger charge is 2.36. The van der Waals surface area contributed by atoms with Gasteiger partial charge in [-0.15, -0.1) is 0 Å². The second-order valence-electron chi connectivity index (χ2n) is 3.93. The van der Waals surface area contributed by atoms with Gasteiger partial charge in [-0.05, 0) is 20.3 Å². The number of aliphatic hydroxyl groups excluding tert-OH is 3. The number of rotatable bonds is 2. The van der Waals surface area contributed by atoms with Crippen molar-refractivity contribution in [3.63, 3.8) is 0 Å². The van der Waals surface area contributed by atoms with E-state index in [1.54, 1.807) is 0 Å². The average Bonchev–Trinajstić information content (AvgIpc) is 2.09. The Morgan fingerprint density at radius 2 is 2.00 bits per heavy atom. The SMILES string of the molecule is CC(C)N1CC[C@@H](O)[C@H](O)[C@@H]1CO. The lowest BCUT2D eigenvalue weighted by molar-refractivity contribution is -0.0979. The molecule has 1 fully saturated rings. The molecule has 3 N–H and O–H groups in total. The molecule has 1 saturated heterocycles. The van der Waals surface area contributed by atoms with E-state index >= 15 is 0 Å². The van der Waals surface area contributed by atoms with Crippen LogP contribution in [0.25, 0.3) is 0 Å². The van der Waals surface area contributed by atoms with Gasteiger partial charge < -0.3 is 15.3 Å². The summed E-state index contributed by atoms with van der Waals surface area (Å²) in [5.74, 6) is 0. The minimum atomic E-state index is -0.818. The standard InChI is InChI=1S/C9H19NO3/c1-6(2)10-4-3-8(12)9(13)7(10)5-11/h6-9,11-13H,3-5H2,1-2H3/t7-,8+,9+/m0/s1. The Balaban J connectivity index is 2.66. The number of likely N-dealkylation sites (tertiary alicyclic amines) is 1. The molecule has 4 heteroatoms. The van der Waals surface area contributed by atoms with E-state index in [0.717, 1.165) is 6.54 Å². The van der Waals surface area contributed by atoms with Crippen molar-refractivity contribution in [3.8, 4) is 0 Å². The molecule has 1 rings (SSSR count). The molecule has 0 spiro atoms. The predicted octanol–water partition coefficient (Wildman–Crippen LogP) is -0.817. The molecule has 0 saturated carbocycles. The van der Waals surface area contributed by atoms with Gasteiger partial charge in [0.15, 0.2) is 0 Å². The van der Waals surface area contributed by atoms with Crippen molar-refractivity contribution in [1.29, 1.82) is 0 Å². The summed E-state index contributed by atoms with van der Waals surface area (Å²) < 4.78 is 0. The Kier molecular flexibility index (Phi) is 3.67. The van der Waals surface area contributed by atoms with E-state index in [9.17, 15) is 10.2 Å². The highest BCUT2D eigenvalue weighted by Crippen LogP contribution is 2.20. The molecule has 1 aliphatic heterocycles. The predicted molar refractivity (Wildman–Crippen MR) is 49.3 cm³/mol. The van der Waals surface area contributed by atoms with Gasteiger partial charge in [-0.25, -0.2) is 0 Å². The van der Waals surface area contributed by atoms with Crippen LogP contribution in [0.2, 0.25) is 0 Å². The van der Waals surface area contributed by atoms with E-state index in [1.165, 1.54) is 0 Å². The van der Waals surface area contributed by atoms with Crippen LogP contribution in [-0.2, 0) is 0 Å². The van der Waals surface area contributed by atoms with Crippen LogP contribution in [0.15, 0.2) is 0 Å². The third-order valence-electron chi connectivity index (χ3n) is 2.75. The molecular formula is C9H19NO3. The molecule has 0 aromatic rings. The van der Waals surface area contributed by atoms with Crippen LogP contribution in [0, 0.1) is 0 Å². The van der Waals surface area contributed by atoms with Gasteiger partial charge in [0.25, 0.3) is 0 Å². The van der Waals surface area contributed by atoms with Gasteiger partial charge in [0.05, 0.1) is 24.9 Å². The van der Waals surface area contributed by atoms with Crippen LogP contribution in [0.5, 0.6) is 0 Å². The average molecular weight is 189 g/mol. The monoisotopic (exact) mass is 189 g/mol. The Labute approximate surface area is 78.8 Å². The van der Waals surface area contributed by atoms with Crippen LogP contribution < -0.4 is 0 Å². The summed E-state index contributed by atoms with van der Waals surface area (Å²) in [7, 11) is 0. The smallest absolute Gasteiger partial charge is 0.0976 e. The van der Waals surface area contributed by atoms with E-state index < -0.39 is 12.2 Å². The molecule has 0 unspecified atom stereocenters. The summed E-state index contributed by atoms with van der Waals surface area (Å²) in [4.78, 5) is 2.03. The number of aliphatic hydroxyl groups is 3. The normalized spacial score (nSPS) is 36.9. The molecule has 0 radical (unpaired) electrons. The topological polar surface area (TPSA) is 63.9 Å². The molecule has 78 valence electrons. The van der Waals surface area contributed by atoms with Crippen molar-refractivity contribution in [2.24, 2.45) is 0 Å². The molecule has 0 aromatic heterocycles. The van der Waals surface area contributed by atoms with E-state index in [0.29, 0.717) is 12.5 Å².